The third-order valence-corrected chi connectivity index (χ3v) is 2.39. The largest absolute Gasteiger partial charge is 0.444 e. The fourth-order valence-electron chi connectivity index (χ4n) is 1.24. The molecule has 1 rings (SSSR count). The Morgan fingerprint density at radius 2 is 2.00 bits per heavy atom. The molecule has 17 heavy (non-hydrogen) atoms. The topological polar surface area (TPSA) is 64.3 Å². The van der Waals surface area contributed by atoms with Crippen LogP contribution in [0.5, 0.6) is 0 Å². The van der Waals surface area contributed by atoms with Crippen LogP contribution in [0.3, 0.4) is 0 Å². The molecule has 1 aromatic rings. The van der Waals surface area contributed by atoms with Crippen LogP contribution in [0.1, 0.15) is 26.3 Å². The van der Waals surface area contributed by atoms with Crippen LogP contribution in [0.2, 0.25) is 5.02 Å². The summed E-state index contributed by atoms with van der Waals surface area (Å²) < 4.78 is 5.14. The highest BCUT2D eigenvalue weighted by Gasteiger charge is 2.17. The van der Waals surface area contributed by atoms with Gasteiger partial charge in [-0.25, -0.2) is 4.79 Å². The van der Waals surface area contributed by atoms with Gasteiger partial charge in [-0.3, -0.25) is 5.32 Å². The van der Waals surface area contributed by atoms with E-state index < -0.39 is 11.7 Å². The molecule has 0 fully saturated rings. The van der Waals surface area contributed by atoms with Crippen molar-refractivity contribution in [3.63, 3.8) is 0 Å². The molecule has 0 aromatic heterocycles. The summed E-state index contributed by atoms with van der Waals surface area (Å²) in [7, 11) is 0. The number of amides is 1. The van der Waals surface area contributed by atoms with Gasteiger partial charge in [-0.05, 0) is 45.4 Å². The summed E-state index contributed by atoms with van der Waals surface area (Å²) in [6, 6.07) is 3.28. The van der Waals surface area contributed by atoms with E-state index in [1.165, 1.54) is 0 Å². The Kier molecular flexibility index (Phi) is 3.88. The van der Waals surface area contributed by atoms with E-state index in [-0.39, 0.29) is 0 Å². The number of nitrogens with one attached hydrogen (secondary N) is 1. The highest BCUT2D eigenvalue weighted by atomic mass is 35.5. The summed E-state index contributed by atoms with van der Waals surface area (Å²) in [6.45, 7) is 7.19. The quantitative estimate of drug-likeness (QED) is 0.755. The number of nitrogens with two attached hydrogens (primary N) is 1. The fraction of sp³-hybridized carbons (Fsp3) is 0.417. The van der Waals surface area contributed by atoms with Crippen molar-refractivity contribution in [1.29, 1.82) is 0 Å². The first kappa shape index (κ1) is 13.6. The molecule has 4 nitrogen and oxygen atoms in total. The number of rotatable bonds is 1. The maximum atomic E-state index is 11.6. The molecule has 0 aliphatic heterocycles. The monoisotopic (exact) mass is 256 g/mol. The van der Waals surface area contributed by atoms with Gasteiger partial charge in [0.25, 0.3) is 0 Å². The Morgan fingerprint density at radius 1 is 1.41 bits per heavy atom. The predicted molar refractivity (Wildman–Crippen MR) is 70.5 cm³/mol. The van der Waals surface area contributed by atoms with Crippen molar-refractivity contribution in [3.05, 3.63) is 22.7 Å². The van der Waals surface area contributed by atoms with E-state index in [4.69, 9.17) is 22.1 Å². The van der Waals surface area contributed by atoms with Crippen molar-refractivity contribution >= 4 is 29.1 Å². The van der Waals surface area contributed by atoms with Gasteiger partial charge in [-0.1, -0.05) is 11.6 Å². The van der Waals surface area contributed by atoms with Crippen molar-refractivity contribution in [2.24, 2.45) is 0 Å². The number of nitrogen functional groups attached to an aromatic ring is 1. The van der Waals surface area contributed by atoms with Gasteiger partial charge in [0, 0.05) is 10.7 Å². The minimum Gasteiger partial charge on any atom is -0.444 e. The summed E-state index contributed by atoms with van der Waals surface area (Å²) >= 11 is 5.96. The molecule has 1 amide bonds. The Bertz CT molecular complexity index is 439. The summed E-state index contributed by atoms with van der Waals surface area (Å²) in [6.07, 6.45) is -0.526. The molecule has 0 saturated heterocycles. The molecule has 0 atom stereocenters. The van der Waals surface area contributed by atoms with Crippen molar-refractivity contribution in [2.75, 3.05) is 11.1 Å². The number of hydrogen-bond acceptors (Lipinski definition) is 3. The van der Waals surface area contributed by atoms with E-state index in [0.717, 1.165) is 5.56 Å². The molecule has 0 unspecified atom stereocenters. The molecule has 0 spiro atoms. The van der Waals surface area contributed by atoms with Gasteiger partial charge in [0.05, 0.1) is 5.69 Å². The third kappa shape index (κ3) is 4.15. The first-order valence-electron chi connectivity index (χ1n) is 5.24. The predicted octanol–water partition coefficient (Wildman–Crippen LogP) is 3.58. The highest BCUT2D eigenvalue weighted by Crippen LogP contribution is 2.27. The van der Waals surface area contributed by atoms with E-state index >= 15 is 0 Å². The summed E-state index contributed by atoms with van der Waals surface area (Å²) in [5.41, 5.74) is 6.92. The number of carbonyl (C=O) groups is 1. The third-order valence-electron chi connectivity index (χ3n) is 2.00. The Hall–Kier alpha value is -1.42. The number of benzene rings is 1. The molecule has 0 aliphatic carbocycles. The van der Waals surface area contributed by atoms with Crippen LogP contribution in [0.25, 0.3) is 0 Å². The summed E-state index contributed by atoms with van der Waals surface area (Å²) in [5.74, 6) is 0. The Morgan fingerprint density at radius 3 is 2.53 bits per heavy atom. The van der Waals surface area contributed by atoms with Crippen molar-refractivity contribution < 1.29 is 9.53 Å². The van der Waals surface area contributed by atoms with Gasteiger partial charge in [0.15, 0.2) is 0 Å². The molecule has 0 radical (unpaired) electrons. The first-order valence-corrected chi connectivity index (χ1v) is 5.62. The van der Waals surface area contributed by atoms with E-state index in [1.54, 1.807) is 39.8 Å². The normalized spacial score (nSPS) is 11.1. The highest BCUT2D eigenvalue weighted by molar-refractivity contribution is 6.32. The van der Waals surface area contributed by atoms with Gasteiger partial charge in [0.1, 0.15) is 5.60 Å². The number of halogens is 1. The first-order chi connectivity index (χ1) is 7.69. The average molecular weight is 257 g/mol. The SMILES string of the molecule is Cc1c(Cl)cc(N)cc1NC(=O)OC(C)(C)C. The average Bonchev–Trinajstić information content (AvgIpc) is 2.10. The Balaban J connectivity index is 2.85. The maximum Gasteiger partial charge on any atom is 0.412 e. The Labute approximate surface area is 106 Å². The second kappa shape index (κ2) is 4.84. The van der Waals surface area contributed by atoms with E-state index in [1.807, 2.05) is 0 Å². The van der Waals surface area contributed by atoms with Gasteiger partial charge in [0.2, 0.25) is 0 Å². The zero-order valence-corrected chi connectivity index (χ0v) is 11.2. The molecule has 0 bridgehead atoms. The van der Waals surface area contributed by atoms with Gasteiger partial charge < -0.3 is 10.5 Å². The van der Waals surface area contributed by atoms with E-state index in [2.05, 4.69) is 5.32 Å². The van der Waals surface area contributed by atoms with Crippen LogP contribution < -0.4 is 11.1 Å². The van der Waals surface area contributed by atoms with Crippen LogP contribution in [0.4, 0.5) is 16.2 Å². The number of ether oxygens (including phenoxy) is 1. The molecule has 94 valence electrons. The van der Waals surface area contributed by atoms with Gasteiger partial charge in [-0.15, -0.1) is 0 Å². The lowest BCUT2D eigenvalue weighted by Gasteiger charge is -2.20. The van der Waals surface area contributed by atoms with Crippen LogP contribution in [0, 0.1) is 6.92 Å². The second-order valence-electron chi connectivity index (χ2n) is 4.80. The lowest BCUT2D eigenvalue weighted by atomic mass is 10.2. The van der Waals surface area contributed by atoms with Crippen molar-refractivity contribution in [3.8, 4) is 0 Å². The molecular formula is C12H17ClN2O2. The molecule has 1 aromatic carbocycles. The molecule has 0 heterocycles. The minimum absolute atomic E-state index is 0.492. The van der Waals surface area contributed by atoms with Gasteiger partial charge >= 0.3 is 6.09 Å². The maximum absolute atomic E-state index is 11.6. The zero-order valence-electron chi connectivity index (χ0n) is 10.4. The molecular weight excluding hydrogens is 240 g/mol. The van der Waals surface area contributed by atoms with Crippen LogP contribution in [0.15, 0.2) is 12.1 Å². The number of hydrogen-bond donors (Lipinski definition) is 2. The number of anilines is 2. The van der Waals surface area contributed by atoms with Crippen LogP contribution >= 0.6 is 11.6 Å². The molecule has 0 saturated carbocycles. The molecule has 5 heteroatoms. The second-order valence-corrected chi connectivity index (χ2v) is 5.21. The van der Waals surface area contributed by atoms with Crippen molar-refractivity contribution in [1.82, 2.24) is 0 Å². The van der Waals surface area contributed by atoms with Gasteiger partial charge in [-0.2, -0.15) is 0 Å². The summed E-state index contributed by atoms with van der Waals surface area (Å²) in [5, 5.41) is 3.13. The minimum atomic E-state index is -0.540. The fourth-order valence-corrected chi connectivity index (χ4v) is 1.47. The lowest BCUT2D eigenvalue weighted by molar-refractivity contribution is 0.0636. The molecule has 0 aliphatic rings. The smallest absolute Gasteiger partial charge is 0.412 e. The van der Waals surface area contributed by atoms with E-state index in [9.17, 15) is 4.79 Å². The van der Waals surface area contributed by atoms with Crippen LogP contribution in [-0.4, -0.2) is 11.7 Å². The summed E-state index contributed by atoms with van der Waals surface area (Å²) in [4.78, 5) is 11.6. The van der Waals surface area contributed by atoms with Crippen molar-refractivity contribution in [2.45, 2.75) is 33.3 Å². The standard InChI is InChI=1S/C12H17ClN2O2/c1-7-9(13)5-8(14)6-10(7)15-11(16)17-12(2,3)4/h5-6H,14H2,1-4H3,(H,15,16). The lowest BCUT2D eigenvalue weighted by Crippen LogP contribution is -2.27. The number of carbonyl (C=O) groups excluding carboxylic acids is 1. The molecule has 3 N–H and O–H groups in total. The van der Waals surface area contributed by atoms with Crippen LogP contribution in [-0.2, 0) is 4.74 Å². The zero-order chi connectivity index (χ0) is 13.2. The van der Waals surface area contributed by atoms with E-state index in [0.29, 0.717) is 16.4 Å².